The predicted molar refractivity (Wildman–Crippen MR) is 82.7 cm³/mol. The fraction of sp³-hybridized carbons (Fsp3) is 0.357. The van der Waals surface area contributed by atoms with E-state index in [0.717, 1.165) is 11.1 Å². The summed E-state index contributed by atoms with van der Waals surface area (Å²) in [5.41, 5.74) is 7.72. The van der Waals surface area contributed by atoms with Crippen molar-refractivity contribution in [1.82, 2.24) is 15.0 Å². The first-order valence-corrected chi connectivity index (χ1v) is 8.64. The van der Waals surface area contributed by atoms with Crippen LogP contribution in [0.5, 0.6) is 0 Å². The number of nitrogens with two attached hydrogens (primary N) is 1. The van der Waals surface area contributed by atoms with Gasteiger partial charge in [0.25, 0.3) is 0 Å². The van der Waals surface area contributed by atoms with Crippen LogP contribution in [-0.4, -0.2) is 40.8 Å². The highest BCUT2D eigenvalue weighted by atomic mass is 32.2. The van der Waals surface area contributed by atoms with Crippen molar-refractivity contribution >= 4 is 15.7 Å². The van der Waals surface area contributed by atoms with Gasteiger partial charge in [-0.3, -0.25) is 9.48 Å². The molecule has 1 heterocycles. The molecule has 8 heteroatoms. The van der Waals surface area contributed by atoms with Gasteiger partial charge >= 0.3 is 0 Å². The van der Waals surface area contributed by atoms with E-state index in [-0.39, 0.29) is 24.5 Å². The molecule has 2 N–H and O–H groups in total. The normalized spacial score (nSPS) is 11.5. The molecule has 0 aliphatic carbocycles. The lowest BCUT2D eigenvalue weighted by Gasteiger charge is -2.02. The monoisotopic (exact) mass is 322 g/mol. The van der Waals surface area contributed by atoms with Crippen molar-refractivity contribution in [3.63, 3.8) is 0 Å². The number of carbonyl (C=O) groups excluding carboxylic acids is 1. The summed E-state index contributed by atoms with van der Waals surface area (Å²) in [7, 11) is -3.33. The molecule has 0 atom stereocenters. The lowest BCUT2D eigenvalue weighted by atomic mass is 10.1. The zero-order valence-corrected chi connectivity index (χ0v) is 13.1. The number of aryl methyl sites for hydroxylation is 2. The summed E-state index contributed by atoms with van der Waals surface area (Å²) in [6.07, 6.45) is 1.54. The van der Waals surface area contributed by atoms with Gasteiger partial charge in [0.1, 0.15) is 5.69 Å². The van der Waals surface area contributed by atoms with Crippen molar-refractivity contribution in [3.05, 3.63) is 36.0 Å². The lowest BCUT2D eigenvalue weighted by molar-refractivity contribution is -0.117. The van der Waals surface area contributed by atoms with Gasteiger partial charge in [0.05, 0.1) is 24.2 Å². The van der Waals surface area contributed by atoms with E-state index in [1.165, 1.54) is 4.68 Å². The number of hydrogen-bond donors (Lipinski definition) is 1. The van der Waals surface area contributed by atoms with Crippen LogP contribution in [0.3, 0.4) is 0 Å². The third-order valence-electron chi connectivity index (χ3n) is 3.18. The summed E-state index contributed by atoms with van der Waals surface area (Å²) in [6.45, 7) is 2.19. The van der Waals surface area contributed by atoms with Crippen molar-refractivity contribution in [3.8, 4) is 11.3 Å². The van der Waals surface area contributed by atoms with Gasteiger partial charge in [0.15, 0.2) is 9.84 Å². The Balaban J connectivity index is 1.97. The van der Waals surface area contributed by atoms with Gasteiger partial charge in [-0.25, -0.2) is 8.42 Å². The van der Waals surface area contributed by atoms with Crippen LogP contribution in [-0.2, 0) is 21.2 Å². The number of carbonyl (C=O) groups is 1. The third kappa shape index (κ3) is 4.66. The fourth-order valence-corrected chi connectivity index (χ4v) is 3.04. The van der Waals surface area contributed by atoms with Gasteiger partial charge in [-0.2, -0.15) is 0 Å². The molecule has 0 saturated carbocycles. The molecule has 22 heavy (non-hydrogen) atoms. The summed E-state index contributed by atoms with van der Waals surface area (Å²) in [5, 5.41) is 7.96. The molecule has 0 aliphatic heterocycles. The summed E-state index contributed by atoms with van der Waals surface area (Å²) in [6, 6.07) is 7.83. The minimum absolute atomic E-state index is 0.100. The Hall–Kier alpha value is -2.22. The van der Waals surface area contributed by atoms with Crippen molar-refractivity contribution in [2.75, 3.05) is 11.5 Å². The second kappa shape index (κ2) is 6.69. The highest BCUT2D eigenvalue weighted by Gasteiger charge is 2.13. The lowest BCUT2D eigenvalue weighted by Crippen LogP contribution is -2.21. The third-order valence-corrected chi connectivity index (χ3v) is 4.81. The van der Waals surface area contributed by atoms with E-state index in [4.69, 9.17) is 5.73 Å². The smallest absolute Gasteiger partial charge is 0.218 e. The number of amides is 1. The molecule has 0 spiro atoms. The number of hydrogen-bond acceptors (Lipinski definition) is 5. The Morgan fingerprint density at radius 2 is 1.91 bits per heavy atom. The van der Waals surface area contributed by atoms with Crippen molar-refractivity contribution in [1.29, 1.82) is 0 Å². The van der Waals surface area contributed by atoms with Crippen LogP contribution in [0, 0.1) is 6.92 Å². The van der Waals surface area contributed by atoms with Crippen LogP contribution in [0.15, 0.2) is 30.5 Å². The van der Waals surface area contributed by atoms with Gasteiger partial charge in [-0.15, -0.1) is 5.10 Å². The molecule has 0 saturated heterocycles. The summed E-state index contributed by atoms with van der Waals surface area (Å²) >= 11 is 0. The van der Waals surface area contributed by atoms with E-state index < -0.39 is 15.7 Å². The Labute approximate surface area is 129 Å². The van der Waals surface area contributed by atoms with Gasteiger partial charge in [0, 0.05) is 12.0 Å². The standard InChI is InChI=1S/C14H18N4O3S/c1-11-2-4-12(5-3-11)13-10-18(17-16-13)7-9-22(20,21)8-6-14(15)19/h2-5,10H,6-9H2,1H3,(H2,15,19). The number of benzene rings is 1. The number of primary amides is 1. The van der Waals surface area contributed by atoms with Gasteiger partial charge in [0.2, 0.25) is 5.91 Å². The maximum absolute atomic E-state index is 11.8. The van der Waals surface area contributed by atoms with Crippen LogP contribution in [0.25, 0.3) is 11.3 Å². The maximum Gasteiger partial charge on any atom is 0.218 e. The van der Waals surface area contributed by atoms with E-state index >= 15 is 0 Å². The Kier molecular flexibility index (Phi) is 4.92. The molecule has 118 valence electrons. The molecule has 2 aromatic rings. The second-order valence-corrected chi connectivity index (χ2v) is 7.40. The highest BCUT2D eigenvalue weighted by Crippen LogP contribution is 2.16. The molecule has 0 radical (unpaired) electrons. The molecule has 0 unspecified atom stereocenters. The van der Waals surface area contributed by atoms with Gasteiger partial charge in [-0.1, -0.05) is 35.0 Å². The molecule has 7 nitrogen and oxygen atoms in total. The SMILES string of the molecule is Cc1ccc(-c2cn(CCS(=O)(=O)CCC(N)=O)nn2)cc1. The zero-order valence-electron chi connectivity index (χ0n) is 12.3. The molecule has 0 bridgehead atoms. The molecule has 2 rings (SSSR count). The summed E-state index contributed by atoms with van der Waals surface area (Å²) in [5.74, 6) is -0.954. The Morgan fingerprint density at radius 3 is 2.55 bits per heavy atom. The summed E-state index contributed by atoms with van der Waals surface area (Å²) < 4.78 is 25.0. The number of sulfone groups is 1. The number of rotatable bonds is 7. The fourth-order valence-electron chi connectivity index (χ4n) is 1.86. The number of aromatic nitrogens is 3. The zero-order chi connectivity index (χ0) is 16.2. The van der Waals surface area contributed by atoms with E-state index in [0.29, 0.717) is 5.69 Å². The first-order valence-electron chi connectivity index (χ1n) is 6.82. The van der Waals surface area contributed by atoms with Crippen molar-refractivity contribution in [2.45, 2.75) is 19.9 Å². The molecule has 1 aromatic heterocycles. The van der Waals surface area contributed by atoms with Crippen LogP contribution in [0.1, 0.15) is 12.0 Å². The van der Waals surface area contributed by atoms with E-state index in [9.17, 15) is 13.2 Å². The molecule has 0 fully saturated rings. The second-order valence-electron chi connectivity index (χ2n) is 5.10. The van der Waals surface area contributed by atoms with Crippen LogP contribution >= 0.6 is 0 Å². The van der Waals surface area contributed by atoms with E-state index in [1.807, 2.05) is 31.2 Å². The van der Waals surface area contributed by atoms with E-state index in [1.54, 1.807) is 6.20 Å². The molecule has 1 aromatic carbocycles. The average molecular weight is 322 g/mol. The Bertz CT molecular complexity index is 751. The van der Waals surface area contributed by atoms with Gasteiger partial charge < -0.3 is 5.73 Å². The van der Waals surface area contributed by atoms with Crippen LogP contribution < -0.4 is 5.73 Å². The van der Waals surface area contributed by atoms with Crippen molar-refractivity contribution in [2.24, 2.45) is 5.73 Å². The van der Waals surface area contributed by atoms with Crippen LogP contribution in [0.2, 0.25) is 0 Å². The molecular formula is C14H18N4O3S. The quantitative estimate of drug-likeness (QED) is 0.800. The maximum atomic E-state index is 11.8. The summed E-state index contributed by atoms with van der Waals surface area (Å²) in [4.78, 5) is 10.6. The molecule has 0 aliphatic rings. The number of nitrogens with zero attached hydrogens (tertiary/aromatic N) is 3. The van der Waals surface area contributed by atoms with Gasteiger partial charge in [-0.05, 0) is 6.92 Å². The molecular weight excluding hydrogens is 304 g/mol. The van der Waals surface area contributed by atoms with Crippen LogP contribution in [0.4, 0.5) is 0 Å². The largest absolute Gasteiger partial charge is 0.370 e. The first kappa shape index (κ1) is 16.2. The predicted octanol–water partition coefficient (Wildman–Crippen LogP) is 0.544. The van der Waals surface area contributed by atoms with E-state index in [2.05, 4.69) is 10.3 Å². The minimum Gasteiger partial charge on any atom is -0.370 e. The first-order chi connectivity index (χ1) is 10.4. The topological polar surface area (TPSA) is 108 Å². The average Bonchev–Trinajstić information content (AvgIpc) is 2.93. The highest BCUT2D eigenvalue weighted by molar-refractivity contribution is 7.91. The van der Waals surface area contributed by atoms with Crippen molar-refractivity contribution < 1.29 is 13.2 Å². The molecule has 1 amide bonds. The Morgan fingerprint density at radius 1 is 1.23 bits per heavy atom. The minimum atomic E-state index is -3.33.